The van der Waals surface area contributed by atoms with E-state index in [0.29, 0.717) is 16.6 Å². The highest BCUT2D eigenvalue weighted by Crippen LogP contribution is 2.42. The molecule has 1 saturated carbocycles. The zero-order valence-electron chi connectivity index (χ0n) is 13.4. The maximum atomic E-state index is 12.2. The standard InChI is InChI=1S/C18H17N5OS/c24-17(22-18-23-20-11-25-18)14-8-9-15(19-10-14)21-16(13-6-7-13)12-4-2-1-3-5-12/h1-5,8-11,13,16H,6-7H2,(H,19,21)(H,22,23,24). The van der Waals surface area contributed by atoms with E-state index in [0.717, 1.165) is 5.82 Å². The third-order valence-electron chi connectivity index (χ3n) is 4.16. The SMILES string of the molecule is O=C(Nc1nncs1)c1ccc(NC(c2ccccc2)C2CC2)nc1. The van der Waals surface area contributed by atoms with Gasteiger partial charge >= 0.3 is 0 Å². The molecule has 3 aromatic rings. The van der Waals surface area contributed by atoms with Gasteiger partial charge in [0.1, 0.15) is 11.3 Å². The Morgan fingerprint density at radius 1 is 1.16 bits per heavy atom. The highest BCUT2D eigenvalue weighted by atomic mass is 32.1. The summed E-state index contributed by atoms with van der Waals surface area (Å²) in [6.45, 7) is 0. The average Bonchev–Trinajstić information content (AvgIpc) is 3.37. The molecule has 25 heavy (non-hydrogen) atoms. The van der Waals surface area contributed by atoms with Gasteiger partial charge in [-0.3, -0.25) is 10.1 Å². The molecule has 1 aliphatic rings. The fraction of sp³-hybridized carbons (Fsp3) is 0.222. The number of carbonyl (C=O) groups is 1. The second kappa shape index (κ2) is 6.98. The van der Waals surface area contributed by atoms with Gasteiger partial charge in [-0.15, -0.1) is 10.2 Å². The van der Waals surface area contributed by atoms with Crippen LogP contribution in [0.2, 0.25) is 0 Å². The minimum atomic E-state index is -0.238. The van der Waals surface area contributed by atoms with Crippen LogP contribution in [0, 0.1) is 5.92 Å². The largest absolute Gasteiger partial charge is 0.363 e. The van der Waals surface area contributed by atoms with E-state index in [4.69, 9.17) is 0 Å². The van der Waals surface area contributed by atoms with Crippen molar-refractivity contribution in [2.75, 3.05) is 10.6 Å². The van der Waals surface area contributed by atoms with Gasteiger partial charge in [-0.2, -0.15) is 0 Å². The Hall–Kier alpha value is -2.80. The maximum Gasteiger partial charge on any atom is 0.259 e. The summed E-state index contributed by atoms with van der Waals surface area (Å²) in [6.07, 6.45) is 4.04. The average molecular weight is 351 g/mol. The minimum Gasteiger partial charge on any atom is -0.363 e. The topological polar surface area (TPSA) is 79.8 Å². The van der Waals surface area contributed by atoms with Crippen molar-refractivity contribution in [3.8, 4) is 0 Å². The molecule has 0 spiro atoms. The van der Waals surface area contributed by atoms with Crippen LogP contribution in [-0.2, 0) is 0 Å². The molecule has 0 saturated heterocycles. The molecule has 2 heterocycles. The lowest BCUT2D eigenvalue weighted by atomic mass is 10.0. The van der Waals surface area contributed by atoms with Crippen LogP contribution < -0.4 is 10.6 Å². The number of aromatic nitrogens is 3. The molecule has 1 aromatic carbocycles. The van der Waals surface area contributed by atoms with E-state index < -0.39 is 0 Å². The Labute approximate surface area is 149 Å². The van der Waals surface area contributed by atoms with Crippen molar-refractivity contribution in [1.82, 2.24) is 15.2 Å². The van der Waals surface area contributed by atoms with Crippen molar-refractivity contribution in [2.45, 2.75) is 18.9 Å². The number of pyridine rings is 1. The first-order chi connectivity index (χ1) is 12.3. The summed E-state index contributed by atoms with van der Waals surface area (Å²) < 4.78 is 0. The molecule has 0 radical (unpaired) electrons. The summed E-state index contributed by atoms with van der Waals surface area (Å²) in [5.41, 5.74) is 3.33. The van der Waals surface area contributed by atoms with E-state index in [2.05, 4.69) is 50.1 Å². The van der Waals surface area contributed by atoms with Gasteiger partial charge in [-0.1, -0.05) is 41.7 Å². The minimum absolute atomic E-state index is 0.238. The number of anilines is 2. The monoisotopic (exact) mass is 351 g/mol. The van der Waals surface area contributed by atoms with Crippen LogP contribution in [0.25, 0.3) is 0 Å². The summed E-state index contributed by atoms with van der Waals surface area (Å²) in [6, 6.07) is 14.3. The molecule has 0 aliphatic heterocycles. The molecule has 0 bridgehead atoms. The zero-order chi connectivity index (χ0) is 17.1. The Kier molecular flexibility index (Phi) is 4.39. The van der Waals surface area contributed by atoms with E-state index in [9.17, 15) is 4.79 Å². The van der Waals surface area contributed by atoms with Gasteiger partial charge in [0.2, 0.25) is 5.13 Å². The van der Waals surface area contributed by atoms with Crippen molar-refractivity contribution >= 4 is 28.2 Å². The second-order valence-electron chi connectivity index (χ2n) is 6.00. The molecular formula is C18H17N5OS. The fourth-order valence-corrected chi connectivity index (χ4v) is 3.17. The van der Waals surface area contributed by atoms with E-state index in [-0.39, 0.29) is 11.9 Å². The lowest BCUT2D eigenvalue weighted by Gasteiger charge is -2.19. The molecule has 4 rings (SSSR count). The molecule has 1 amide bonds. The number of hydrogen-bond acceptors (Lipinski definition) is 6. The number of amides is 1. The molecular weight excluding hydrogens is 334 g/mol. The predicted molar refractivity (Wildman–Crippen MR) is 97.6 cm³/mol. The summed E-state index contributed by atoms with van der Waals surface area (Å²) in [5.74, 6) is 1.18. The van der Waals surface area contributed by atoms with E-state index in [1.54, 1.807) is 17.8 Å². The molecule has 7 heteroatoms. The third-order valence-corrected chi connectivity index (χ3v) is 4.77. The van der Waals surface area contributed by atoms with Crippen LogP contribution in [0.5, 0.6) is 0 Å². The first-order valence-electron chi connectivity index (χ1n) is 8.14. The summed E-state index contributed by atoms with van der Waals surface area (Å²) in [7, 11) is 0. The van der Waals surface area contributed by atoms with Gasteiger partial charge in [0.05, 0.1) is 11.6 Å². The zero-order valence-corrected chi connectivity index (χ0v) is 14.2. The quantitative estimate of drug-likeness (QED) is 0.707. The summed E-state index contributed by atoms with van der Waals surface area (Å²) >= 11 is 1.28. The number of hydrogen-bond donors (Lipinski definition) is 2. The molecule has 2 aromatic heterocycles. The molecule has 6 nitrogen and oxygen atoms in total. The summed E-state index contributed by atoms with van der Waals surface area (Å²) in [5, 5.41) is 14.2. The highest BCUT2D eigenvalue weighted by molar-refractivity contribution is 7.13. The lowest BCUT2D eigenvalue weighted by molar-refractivity contribution is 0.102. The van der Waals surface area contributed by atoms with E-state index in [1.165, 1.54) is 29.7 Å². The van der Waals surface area contributed by atoms with Gasteiger partial charge in [0.15, 0.2) is 0 Å². The van der Waals surface area contributed by atoms with E-state index >= 15 is 0 Å². The third kappa shape index (κ3) is 3.83. The van der Waals surface area contributed by atoms with Gasteiger partial charge in [0, 0.05) is 6.20 Å². The molecule has 1 fully saturated rings. The van der Waals surface area contributed by atoms with Gasteiger partial charge in [-0.05, 0) is 36.5 Å². The second-order valence-corrected chi connectivity index (χ2v) is 6.83. The Morgan fingerprint density at radius 2 is 2.00 bits per heavy atom. The van der Waals surface area contributed by atoms with Crippen molar-refractivity contribution in [2.24, 2.45) is 5.92 Å². The van der Waals surface area contributed by atoms with E-state index in [1.807, 2.05) is 12.1 Å². The smallest absolute Gasteiger partial charge is 0.259 e. The highest BCUT2D eigenvalue weighted by Gasteiger charge is 2.32. The molecule has 1 atom stereocenters. The van der Waals surface area contributed by atoms with Gasteiger partial charge < -0.3 is 5.32 Å². The number of carbonyl (C=O) groups excluding carboxylic acids is 1. The molecule has 2 N–H and O–H groups in total. The van der Waals surface area contributed by atoms with Crippen molar-refractivity contribution in [1.29, 1.82) is 0 Å². The number of nitrogens with one attached hydrogen (secondary N) is 2. The first kappa shape index (κ1) is 15.7. The Balaban J connectivity index is 1.45. The number of benzene rings is 1. The first-order valence-corrected chi connectivity index (χ1v) is 9.02. The molecule has 1 unspecified atom stereocenters. The van der Waals surface area contributed by atoms with Crippen molar-refractivity contribution < 1.29 is 4.79 Å². The predicted octanol–water partition coefficient (Wildman–Crippen LogP) is 3.75. The molecule has 1 aliphatic carbocycles. The van der Waals surface area contributed by atoms with Gasteiger partial charge in [-0.25, -0.2) is 4.98 Å². The van der Waals surface area contributed by atoms with Crippen LogP contribution in [0.3, 0.4) is 0 Å². The number of rotatable bonds is 6. The van der Waals surface area contributed by atoms with Crippen LogP contribution in [-0.4, -0.2) is 21.1 Å². The maximum absolute atomic E-state index is 12.2. The van der Waals surface area contributed by atoms with Crippen LogP contribution in [0.4, 0.5) is 10.9 Å². The van der Waals surface area contributed by atoms with Crippen molar-refractivity contribution in [3.63, 3.8) is 0 Å². The summed E-state index contributed by atoms with van der Waals surface area (Å²) in [4.78, 5) is 16.6. The Bertz CT molecular complexity index is 832. The molecule has 126 valence electrons. The van der Waals surface area contributed by atoms with Crippen molar-refractivity contribution in [3.05, 3.63) is 65.3 Å². The van der Waals surface area contributed by atoms with Gasteiger partial charge in [0.25, 0.3) is 5.91 Å². The van der Waals surface area contributed by atoms with Crippen LogP contribution in [0.15, 0.2) is 54.2 Å². The lowest BCUT2D eigenvalue weighted by Crippen LogP contribution is -2.15. The Morgan fingerprint density at radius 3 is 2.64 bits per heavy atom. The number of nitrogens with zero attached hydrogens (tertiary/aromatic N) is 3. The fourth-order valence-electron chi connectivity index (χ4n) is 2.73. The van der Waals surface area contributed by atoms with Crippen LogP contribution in [0.1, 0.15) is 34.8 Å². The normalized spacial score (nSPS) is 14.7. The van der Waals surface area contributed by atoms with Crippen LogP contribution >= 0.6 is 11.3 Å².